The predicted octanol–water partition coefficient (Wildman–Crippen LogP) is 2.71. The average molecular weight is 402 g/mol. The van der Waals surface area contributed by atoms with Gasteiger partial charge in [-0.05, 0) is 19.1 Å². The van der Waals surface area contributed by atoms with Crippen molar-refractivity contribution < 1.29 is 9.34 Å². The van der Waals surface area contributed by atoms with E-state index in [0.717, 1.165) is 5.01 Å². The summed E-state index contributed by atoms with van der Waals surface area (Å²) in [6.45, 7) is 1.81. The van der Waals surface area contributed by atoms with Crippen molar-refractivity contribution in [1.29, 1.82) is 0 Å². The van der Waals surface area contributed by atoms with Gasteiger partial charge in [-0.3, -0.25) is 14.9 Å². The first-order chi connectivity index (χ1) is 13.0. The molecule has 27 heavy (non-hydrogen) atoms. The number of nitro benzene ring substituents is 1. The maximum atomic E-state index is 12.0. The van der Waals surface area contributed by atoms with Crippen molar-refractivity contribution in [3.8, 4) is 11.5 Å². The summed E-state index contributed by atoms with van der Waals surface area (Å²) in [4.78, 5) is 27.2. The number of benzene rings is 1. The Kier molecular flexibility index (Phi) is 4.41. The maximum Gasteiger partial charge on any atom is 0.277 e. The molecule has 0 atom stereocenters. The van der Waals surface area contributed by atoms with Crippen molar-refractivity contribution in [2.45, 2.75) is 17.9 Å². The third-order valence-corrected chi connectivity index (χ3v) is 5.15. The number of fused-ring (bicyclic) bond motifs is 1. The second kappa shape index (κ2) is 6.89. The molecule has 3 aromatic heterocycles. The van der Waals surface area contributed by atoms with Crippen LogP contribution in [0.3, 0.4) is 0 Å². The zero-order valence-corrected chi connectivity index (χ0v) is 15.4. The Balaban J connectivity index is 1.49. The molecular formula is C15H10N6O4S2. The Bertz CT molecular complexity index is 1200. The highest BCUT2D eigenvalue weighted by atomic mass is 32.2. The lowest BCUT2D eigenvalue weighted by atomic mass is 10.2. The molecule has 1 aromatic carbocycles. The van der Waals surface area contributed by atoms with E-state index in [9.17, 15) is 14.9 Å². The number of nitrogens with zero attached hydrogens (tertiary/aromatic N) is 6. The molecule has 3 heterocycles. The monoisotopic (exact) mass is 402 g/mol. The van der Waals surface area contributed by atoms with Crippen LogP contribution >= 0.6 is 23.1 Å². The van der Waals surface area contributed by atoms with Crippen molar-refractivity contribution in [2.75, 3.05) is 0 Å². The van der Waals surface area contributed by atoms with Crippen LogP contribution in [0, 0.1) is 17.0 Å². The molecule has 0 saturated heterocycles. The van der Waals surface area contributed by atoms with Gasteiger partial charge in [0.1, 0.15) is 5.01 Å². The quantitative estimate of drug-likeness (QED) is 0.281. The van der Waals surface area contributed by atoms with Gasteiger partial charge in [-0.2, -0.15) is 9.61 Å². The average Bonchev–Trinajstić information content (AvgIpc) is 3.26. The van der Waals surface area contributed by atoms with Crippen LogP contribution in [0.1, 0.15) is 10.7 Å². The van der Waals surface area contributed by atoms with Gasteiger partial charge in [0.2, 0.25) is 10.9 Å². The second-order valence-electron chi connectivity index (χ2n) is 5.37. The minimum absolute atomic E-state index is 0.0149. The van der Waals surface area contributed by atoms with Crippen LogP contribution in [0.25, 0.3) is 16.4 Å². The lowest BCUT2D eigenvalue weighted by Crippen LogP contribution is -2.15. The SMILES string of the molecule is Cc1nn2c(=O)cc(CSc3nnc(-c4ccc([N+](=O)[O-])cc4)o3)nc2s1. The molecule has 0 amide bonds. The fourth-order valence-corrected chi connectivity index (χ4v) is 3.69. The van der Waals surface area contributed by atoms with E-state index >= 15 is 0 Å². The van der Waals surface area contributed by atoms with Crippen molar-refractivity contribution in [3.05, 3.63) is 61.5 Å². The normalized spacial score (nSPS) is 11.1. The molecule has 136 valence electrons. The molecule has 0 aliphatic heterocycles. The van der Waals surface area contributed by atoms with Crippen molar-refractivity contribution in [2.24, 2.45) is 0 Å². The van der Waals surface area contributed by atoms with Crippen molar-refractivity contribution in [3.63, 3.8) is 0 Å². The zero-order chi connectivity index (χ0) is 19.0. The summed E-state index contributed by atoms with van der Waals surface area (Å²) in [5, 5.41) is 23.8. The number of nitro groups is 1. The molecule has 0 fully saturated rings. The van der Waals surface area contributed by atoms with Gasteiger partial charge in [0.15, 0.2) is 0 Å². The number of aryl methyl sites for hydroxylation is 1. The van der Waals surface area contributed by atoms with Gasteiger partial charge in [0.25, 0.3) is 16.5 Å². The van der Waals surface area contributed by atoms with Gasteiger partial charge in [-0.25, -0.2) is 4.98 Å². The number of aromatic nitrogens is 5. The van der Waals surface area contributed by atoms with Crippen LogP contribution in [0.5, 0.6) is 0 Å². The van der Waals surface area contributed by atoms with E-state index < -0.39 is 4.92 Å². The summed E-state index contributed by atoms with van der Waals surface area (Å²) in [6.07, 6.45) is 0. The molecule has 0 saturated carbocycles. The molecule has 0 aliphatic rings. The number of non-ortho nitro benzene ring substituents is 1. The van der Waals surface area contributed by atoms with E-state index in [2.05, 4.69) is 20.3 Å². The van der Waals surface area contributed by atoms with E-state index in [-0.39, 0.29) is 17.1 Å². The minimum Gasteiger partial charge on any atom is -0.411 e. The standard InChI is InChI=1S/C15H10N6O4S2/c1-8-19-20-12(22)6-10(16-14(20)27-8)7-26-15-18-17-13(25-15)9-2-4-11(5-3-9)21(23)24/h2-6H,7H2,1H3. The largest absolute Gasteiger partial charge is 0.411 e. The van der Waals surface area contributed by atoms with Crippen LogP contribution in [0.2, 0.25) is 0 Å². The third-order valence-electron chi connectivity index (χ3n) is 3.47. The Morgan fingerprint density at radius 1 is 1.30 bits per heavy atom. The Morgan fingerprint density at radius 3 is 2.81 bits per heavy atom. The number of hydrogen-bond acceptors (Lipinski definition) is 10. The molecule has 0 N–H and O–H groups in total. The molecule has 10 nitrogen and oxygen atoms in total. The summed E-state index contributed by atoms with van der Waals surface area (Å²) < 4.78 is 6.84. The number of hydrogen-bond donors (Lipinski definition) is 0. The summed E-state index contributed by atoms with van der Waals surface area (Å²) in [7, 11) is 0. The van der Waals surface area contributed by atoms with E-state index in [4.69, 9.17) is 4.42 Å². The molecule has 4 aromatic rings. The molecule has 0 unspecified atom stereocenters. The van der Waals surface area contributed by atoms with Crippen LogP contribution in [0.4, 0.5) is 5.69 Å². The molecule has 4 rings (SSSR count). The first kappa shape index (κ1) is 17.3. The van der Waals surface area contributed by atoms with Crippen molar-refractivity contribution in [1.82, 2.24) is 24.8 Å². The third kappa shape index (κ3) is 3.57. The van der Waals surface area contributed by atoms with Gasteiger partial charge < -0.3 is 4.42 Å². The Morgan fingerprint density at radius 2 is 2.07 bits per heavy atom. The van der Waals surface area contributed by atoms with Crippen LogP contribution in [0.15, 0.2) is 44.8 Å². The minimum atomic E-state index is -0.476. The zero-order valence-electron chi connectivity index (χ0n) is 13.7. The highest BCUT2D eigenvalue weighted by Gasteiger charge is 2.13. The Hall–Kier alpha value is -3.12. The van der Waals surface area contributed by atoms with E-state index in [0.29, 0.717) is 27.2 Å². The summed E-state index contributed by atoms with van der Waals surface area (Å²) in [5.74, 6) is 0.638. The molecule has 0 aliphatic carbocycles. The van der Waals surface area contributed by atoms with Gasteiger partial charge in [0.05, 0.1) is 10.6 Å². The summed E-state index contributed by atoms with van der Waals surface area (Å²) in [6, 6.07) is 7.25. The highest BCUT2D eigenvalue weighted by molar-refractivity contribution is 7.98. The molecule has 0 bridgehead atoms. The van der Waals surface area contributed by atoms with E-state index in [1.54, 1.807) is 12.1 Å². The fraction of sp³-hybridized carbons (Fsp3) is 0.133. The van der Waals surface area contributed by atoms with Crippen molar-refractivity contribution >= 4 is 33.7 Å². The van der Waals surface area contributed by atoms with Gasteiger partial charge in [-0.1, -0.05) is 23.1 Å². The molecule has 0 spiro atoms. The fourth-order valence-electron chi connectivity index (χ4n) is 2.27. The number of thioether (sulfide) groups is 1. The molecule has 0 radical (unpaired) electrons. The molecular weight excluding hydrogens is 392 g/mol. The first-order valence-corrected chi connectivity index (χ1v) is 9.37. The number of rotatable bonds is 5. The van der Waals surface area contributed by atoms with Crippen LogP contribution in [-0.2, 0) is 5.75 Å². The highest BCUT2D eigenvalue weighted by Crippen LogP contribution is 2.26. The van der Waals surface area contributed by atoms with Crippen LogP contribution in [-0.4, -0.2) is 29.7 Å². The maximum absolute atomic E-state index is 12.0. The van der Waals surface area contributed by atoms with Gasteiger partial charge >= 0.3 is 0 Å². The smallest absolute Gasteiger partial charge is 0.277 e. The summed E-state index contributed by atoms with van der Waals surface area (Å²) >= 11 is 2.58. The topological polar surface area (TPSA) is 129 Å². The second-order valence-corrected chi connectivity index (χ2v) is 7.45. The van der Waals surface area contributed by atoms with Gasteiger partial charge in [-0.15, -0.1) is 10.2 Å². The lowest BCUT2D eigenvalue weighted by Gasteiger charge is -1.97. The first-order valence-electron chi connectivity index (χ1n) is 7.57. The molecule has 12 heteroatoms. The summed E-state index contributed by atoms with van der Waals surface area (Å²) in [5.41, 5.74) is 0.914. The van der Waals surface area contributed by atoms with Gasteiger partial charge in [0, 0.05) is 29.5 Å². The Labute approximate surface area is 159 Å². The lowest BCUT2D eigenvalue weighted by molar-refractivity contribution is -0.384. The van der Waals surface area contributed by atoms with Crippen LogP contribution < -0.4 is 5.56 Å². The predicted molar refractivity (Wildman–Crippen MR) is 97.8 cm³/mol. The van der Waals surface area contributed by atoms with E-state index in [1.165, 1.54) is 45.8 Å². The van der Waals surface area contributed by atoms with E-state index in [1.807, 2.05) is 6.92 Å².